The van der Waals surface area contributed by atoms with Crippen LogP contribution in [0.5, 0.6) is 0 Å². The van der Waals surface area contributed by atoms with Crippen molar-refractivity contribution in [2.24, 2.45) is 0 Å². The van der Waals surface area contributed by atoms with E-state index < -0.39 is 39.7 Å². The zero-order valence-electron chi connectivity index (χ0n) is 19.7. The second-order valence-electron chi connectivity index (χ2n) is 8.81. The molecule has 0 radical (unpaired) electrons. The first kappa shape index (κ1) is 25.3. The molecule has 1 saturated heterocycles. The van der Waals surface area contributed by atoms with Gasteiger partial charge in [0, 0.05) is 30.5 Å². The fraction of sp³-hybridized carbons (Fsp3) is 0.231. The quantitative estimate of drug-likeness (QED) is 0.482. The van der Waals surface area contributed by atoms with Gasteiger partial charge in [0.05, 0.1) is 16.7 Å². The molecule has 10 heteroatoms. The number of aliphatic hydroxyl groups excluding tert-OH is 1. The van der Waals surface area contributed by atoms with E-state index in [1.54, 1.807) is 30.3 Å². The third-order valence-corrected chi connectivity index (χ3v) is 7.12. The molecule has 8 nitrogen and oxygen atoms in total. The molecule has 1 fully saturated rings. The molecule has 0 aliphatic carbocycles. The molecule has 1 aliphatic rings. The summed E-state index contributed by atoms with van der Waals surface area (Å²) in [6.45, 7) is 1.87. The highest BCUT2D eigenvalue weighted by molar-refractivity contribution is 7.90. The molecule has 2 atom stereocenters. The number of anilines is 2. The van der Waals surface area contributed by atoms with Gasteiger partial charge in [0.1, 0.15) is 11.9 Å². The summed E-state index contributed by atoms with van der Waals surface area (Å²) in [5.41, 5.74) is 2.12. The van der Waals surface area contributed by atoms with Gasteiger partial charge in [-0.25, -0.2) is 17.6 Å². The minimum absolute atomic E-state index is 0.00852. The first-order valence-electron chi connectivity index (χ1n) is 11.2. The maximum atomic E-state index is 15.0. The summed E-state index contributed by atoms with van der Waals surface area (Å²) in [6, 6.07) is 15.8. The van der Waals surface area contributed by atoms with Crippen LogP contribution in [0, 0.1) is 12.7 Å². The van der Waals surface area contributed by atoms with E-state index in [9.17, 15) is 27.5 Å². The molecule has 3 aromatic carbocycles. The van der Waals surface area contributed by atoms with Gasteiger partial charge in [-0.1, -0.05) is 42.0 Å². The van der Waals surface area contributed by atoms with Crippen molar-refractivity contribution in [1.82, 2.24) is 4.90 Å². The van der Waals surface area contributed by atoms with Crippen molar-refractivity contribution in [2.75, 3.05) is 23.4 Å². The number of rotatable bonds is 5. The zero-order valence-corrected chi connectivity index (χ0v) is 20.5. The summed E-state index contributed by atoms with van der Waals surface area (Å²) in [6.07, 6.45) is 0.187. The molecule has 1 aliphatic heterocycles. The number of nitrogens with zero attached hydrogens (tertiary/aromatic N) is 1. The average Bonchev–Trinajstić information content (AvgIpc) is 3.23. The van der Waals surface area contributed by atoms with Crippen molar-refractivity contribution in [1.29, 1.82) is 0 Å². The number of hydrogen-bond acceptors (Lipinski definition) is 5. The third kappa shape index (κ3) is 5.55. The lowest BCUT2D eigenvalue weighted by molar-refractivity contribution is -0.119. The maximum Gasteiger partial charge on any atom is 0.322 e. The number of carbonyl (C=O) groups is 2. The lowest BCUT2D eigenvalue weighted by atomic mass is 10.0. The van der Waals surface area contributed by atoms with Crippen LogP contribution in [0.2, 0.25) is 0 Å². The summed E-state index contributed by atoms with van der Waals surface area (Å²) in [5.74, 6) is -1.41. The largest absolute Gasteiger partial charge is 0.391 e. The Balaban J connectivity index is 1.51. The normalized spacial score (nSPS) is 17.6. The predicted octanol–water partition coefficient (Wildman–Crippen LogP) is 3.81. The van der Waals surface area contributed by atoms with E-state index in [4.69, 9.17) is 0 Å². The topological polar surface area (TPSA) is 116 Å². The van der Waals surface area contributed by atoms with Gasteiger partial charge in [-0.15, -0.1) is 0 Å². The van der Waals surface area contributed by atoms with Crippen LogP contribution in [0.1, 0.15) is 12.0 Å². The summed E-state index contributed by atoms with van der Waals surface area (Å²) >= 11 is 0. The van der Waals surface area contributed by atoms with Gasteiger partial charge in [0.15, 0.2) is 9.84 Å². The van der Waals surface area contributed by atoms with Crippen molar-refractivity contribution in [3.8, 4) is 11.1 Å². The number of hydrogen-bond donors (Lipinski definition) is 3. The van der Waals surface area contributed by atoms with Crippen LogP contribution < -0.4 is 10.6 Å². The molecule has 1 heterocycles. The van der Waals surface area contributed by atoms with Crippen LogP contribution in [0.4, 0.5) is 20.6 Å². The number of nitrogens with one attached hydrogen (secondary N) is 2. The lowest BCUT2D eigenvalue weighted by Crippen LogP contribution is -2.45. The van der Waals surface area contributed by atoms with Gasteiger partial charge in [-0.05, 0) is 42.8 Å². The molecule has 3 N–H and O–H groups in total. The number of aryl methyl sites for hydroxylation is 1. The fourth-order valence-corrected chi connectivity index (χ4v) is 5.06. The Morgan fingerprint density at radius 2 is 1.72 bits per heavy atom. The number of likely N-dealkylation sites (tertiary alicyclic amines) is 1. The Bertz CT molecular complexity index is 1410. The monoisotopic (exact) mass is 511 g/mol. The van der Waals surface area contributed by atoms with Gasteiger partial charge in [0.25, 0.3) is 0 Å². The molecule has 0 bridgehead atoms. The molecule has 4 rings (SSSR count). The second-order valence-corrected chi connectivity index (χ2v) is 10.8. The summed E-state index contributed by atoms with van der Waals surface area (Å²) in [7, 11) is -3.54. The lowest BCUT2D eigenvalue weighted by Gasteiger charge is -2.24. The predicted molar refractivity (Wildman–Crippen MR) is 135 cm³/mol. The number of β-amino-alcohol motifs (C(OH)–C–C–N with tert-alkyl or cyclic N) is 1. The molecule has 3 aromatic rings. The van der Waals surface area contributed by atoms with Crippen LogP contribution in [0.25, 0.3) is 11.1 Å². The van der Waals surface area contributed by atoms with E-state index in [1.807, 2.05) is 19.1 Å². The summed E-state index contributed by atoms with van der Waals surface area (Å²) < 4.78 is 39.2. The summed E-state index contributed by atoms with van der Waals surface area (Å²) in [5, 5.41) is 15.3. The van der Waals surface area contributed by atoms with Gasteiger partial charge in [-0.2, -0.15) is 0 Å². The molecular weight excluding hydrogens is 485 g/mol. The minimum Gasteiger partial charge on any atom is -0.391 e. The molecule has 188 valence electrons. The van der Waals surface area contributed by atoms with Crippen molar-refractivity contribution >= 4 is 33.2 Å². The number of aliphatic hydroxyl groups is 1. The SMILES string of the molecule is Cc1ccc(NC(=O)N2C[C@H](O)C[C@@H]2C(=O)Nc2ccc(-c3ccccc3S(C)(=O)=O)cc2F)cc1. The number of halogens is 1. The minimum atomic E-state index is -3.54. The zero-order chi connectivity index (χ0) is 26.0. The van der Waals surface area contributed by atoms with Crippen molar-refractivity contribution in [3.63, 3.8) is 0 Å². The number of sulfone groups is 1. The molecule has 0 aromatic heterocycles. The fourth-order valence-electron chi connectivity index (χ4n) is 4.15. The van der Waals surface area contributed by atoms with Gasteiger partial charge >= 0.3 is 6.03 Å². The highest BCUT2D eigenvalue weighted by atomic mass is 32.2. The Hall–Kier alpha value is -3.76. The molecule has 0 unspecified atom stereocenters. The number of amides is 3. The van der Waals surface area contributed by atoms with Crippen LogP contribution in [-0.2, 0) is 14.6 Å². The van der Waals surface area contributed by atoms with Crippen molar-refractivity contribution < 1.29 is 27.5 Å². The van der Waals surface area contributed by atoms with Gasteiger partial charge in [-0.3, -0.25) is 4.79 Å². The van der Waals surface area contributed by atoms with Gasteiger partial charge in [0.2, 0.25) is 5.91 Å². The smallest absolute Gasteiger partial charge is 0.322 e. The van der Waals surface area contributed by atoms with Crippen LogP contribution in [0.15, 0.2) is 71.6 Å². The number of benzene rings is 3. The van der Waals surface area contributed by atoms with Gasteiger partial charge < -0.3 is 20.6 Å². The Morgan fingerprint density at radius 3 is 2.39 bits per heavy atom. The highest BCUT2D eigenvalue weighted by Gasteiger charge is 2.39. The first-order chi connectivity index (χ1) is 17.0. The Morgan fingerprint density at radius 1 is 1.03 bits per heavy atom. The standard InChI is InChI=1S/C26H26FN3O5S/c1-16-7-10-18(11-8-16)28-26(33)30-15-19(31)14-23(30)25(32)29-22-12-9-17(13-21(22)27)20-5-3-4-6-24(20)36(2,34)35/h3-13,19,23,31H,14-15H2,1-2H3,(H,28,33)(H,29,32)/t19-,23-/m1/s1. The van der Waals surface area contributed by atoms with Crippen molar-refractivity contribution in [3.05, 3.63) is 78.1 Å². The molecule has 0 spiro atoms. The molecule has 36 heavy (non-hydrogen) atoms. The molecular formula is C26H26FN3O5S. The number of carbonyl (C=O) groups excluding carboxylic acids is 2. The van der Waals surface area contributed by atoms with E-state index in [2.05, 4.69) is 10.6 Å². The summed E-state index contributed by atoms with van der Waals surface area (Å²) in [4.78, 5) is 27.1. The average molecular weight is 512 g/mol. The Labute approximate surface area is 208 Å². The molecule has 3 amide bonds. The first-order valence-corrected chi connectivity index (χ1v) is 13.1. The second kappa shape index (κ2) is 10.1. The number of urea groups is 1. The van der Waals surface area contributed by atoms with E-state index >= 15 is 0 Å². The van der Waals surface area contributed by atoms with E-state index in [1.165, 1.54) is 23.1 Å². The van der Waals surface area contributed by atoms with Crippen LogP contribution >= 0.6 is 0 Å². The highest BCUT2D eigenvalue weighted by Crippen LogP contribution is 2.30. The Kier molecular flexibility index (Phi) is 7.09. The third-order valence-electron chi connectivity index (χ3n) is 5.97. The maximum absolute atomic E-state index is 15.0. The van der Waals surface area contributed by atoms with Crippen LogP contribution in [0.3, 0.4) is 0 Å². The molecule has 0 saturated carbocycles. The van der Waals surface area contributed by atoms with Crippen LogP contribution in [-0.4, -0.2) is 55.3 Å². The van der Waals surface area contributed by atoms with E-state index in [0.29, 0.717) is 16.8 Å². The van der Waals surface area contributed by atoms with E-state index in [-0.39, 0.29) is 23.5 Å². The van der Waals surface area contributed by atoms with E-state index in [0.717, 1.165) is 17.9 Å². The van der Waals surface area contributed by atoms with Crippen molar-refractivity contribution in [2.45, 2.75) is 30.4 Å².